The van der Waals surface area contributed by atoms with Crippen molar-refractivity contribution in [2.24, 2.45) is 0 Å². The number of fused-ring (bicyclic) bond motifs is 1. The van der Waals surface area contributed by atoms with E-state index in [9.17, 15) is 8.42 Å². The third-order valence-corrected chi connectivity index (χ3v) is 5.51. The van der Waals surface area contributed by atoms with E-state index < -0.39 is 10.0 Å². The molecule has 0 aromatic heterocycles. The molecule has 1 N–H and O–H groups in total. The van der Waals surface area contributed by atoms with E-state index >= 15 is 0 Å². The lowest BCUT2D eigenvalue weighted by Gasteiger charge is -2.16. The number of nitrogens with one attached hydrogen (secondary N) is 1. The smallest absolute Gasteiger partial charge is 0.231 e. The first-order chi connectivity index (χ1) is 12.5. The van der Waals surface area contributed by atoms with E-state index in [1.54, 1.807) is 0 Å². The first-order valence-corrected chi connectivity index (χ1v) is 10.3. The van der Waals surface area contributed by atoms with Gasteiger partial charge < -0.3 is 14.2 Å². The number of ether oxygens (including phenoxy) is 3. The highest BCUT2D eigenvalue weighted by molar-refractivity contribution is 7.89. The molecule has 7 heteroatoms. The van der Waals surface area contributed by atoms with Crippen molar-refractivity contribution >= 4 is 10.0 Å². The van der Waals surface area contributed by atoms with Crippen LogP contribution in [0.1, 0.15) is 20.3 Å². The highest BCUT2D eigenvalue weighted by atomic mass is 32.2. The molecule has 1 heterocycles. The third-order valence-electron chi connectivity index (χ3n) is 3.96. The van der Waals surface area contributed by atoms with Crippen LogP contribution >= 0.6 is 0 Å². The number of hydrogen-bond donors (Lipinski definition) is 1. The number of hydrogen-bond acceptors (Lipinski definition) is 5. The molecule has 0 spiro atoms. The van der Waals surface area contributed by atoms with Crippen molar-refractivity contribution in [2.75, 3.05) is 19.1 Å². The lowest BCUT2D eigenvalue weighted by atomic mass is 10.1. The highest BCUT2D eigenvalue weighted by Crippen LogP contribution is 2.36. The van der Waals surface area contributed by atoms with E-state index in [1.165, 1.54) is 0 Å². The van der Waals surface area contributed by atoms with Gasteiger partial charge in [0.15, 0.2) is 11.5 Å². The van der Waals surface area contributed by atoms with Gasteiger partial charge in [-0.2, -0.15) is 0 Å². The Bertz CT molecular complexity index is 849. The highest BCUT2D eigenvalue weighted by Gasteiger charge is 2.14. The lowest BCUT2D eigenvalue weighted by Crippen LogP contribution is -2.34. The molecule has 0 amide bonds. The maximum Gasteiger partial charge on any atom is 0.231 e. The van der Waals surface area contributed by atoms with E-state index in [2.05, 4.69) is 4.72 Å². The first-order valence-electron chi connectivity index (χ1n) is 8.61. The fourth-order valence-corrected chi connectivity index (χ4v) is 3.83. The normalized spacial score (nSPS) is 14.2. The predicted octanol–water partition coefficient (Wildman–Crippen LogP) is 3.18. The average Bonchev–Trinajstić information content (AvgIpc) is 3.08. The molecule has 2 aromatic carbocycles. The third kappa shape index (κ3) is 4.68. The van der Waals surface area contributed by atoms with Crippen molar-refractivity contribution in [2.45, 2.75) is 26.4 Å². The molecule has 0 saturated carbocycles. The van der Waals surface area contributed by atoms with Gasteiger partial charge >= 0.3 is 0 Å². The van der Waals surface area contributed by atoms with Crippen LogP contribution in [0.3, 0.4) is 0 Å². The number of benzene rings is 2. The quantitative estimate of drug-likeness (QED) is 0.765. The largest absolute Gasteiger partial charge is 0.489 e. The molecule has 0 bridgehead atoms. The van der Waals surface area contributed by atoms with Crippen molar-refractivity contribution in [1.29, 1.82) is 0 Å². The second-order valence-electron chi connectivity index (χ2n) is 6.19. The zero-order chi connectivity index (χ0) is 18.6. The van der Waals surface area contributed by atoms with Gasteiger partial charge in [0.25, 0.3) is 0 Å². The van der Waals surface area contributed by atoms with Gasteiger partial charge in [-0.15, -0.1) is 0 Å². The molecular formula is C19H23NO5S. The van der Waals surface area contributed by atoms with Gasteiger partial charge in [-0.05, 0) is 48.7 Å². The zero-order valence-corrected chi connectivity index (χ0v) is 15.7. The maximum absolute atomic E-state index is 11.7. The van der Waals surface area contributed by atoms with Crippen molar-refractivity contribution in [3.05, 3.63) is 42.5 Å². The molecule has 0 radical (unpaired) electrons. The molecule has 1 aliphatic rings. The molecule has 26 heavy (non-hydrogen) atoms. The Morgan fingerprint density at radius 1 is 1.08 bits per heavy atom. The van der Waals surface area contributed by atoms with Crippen molar-refractivity contribution in [3.8, 4) is 28.4 Å². The predicted molar refractivity (Wildman–Crippen MR) is 100 cm³/mol. The molecule has 6 nitrogen and oxygen atoms in total. The van der Waals surface area contributed by atoms with Gasteiger partial charge in [0.05, 0.1) is 5.75 Å². The Hall–Kier alpha value is -2.25. The summed E-state index contributed by atoms with van der Waals surface area (Å²) in [5, 5.41) is 0. The molecule has 0 fully saturated rings. The Morgan fingerprint density at radius 2 is 1.77 bits per heavy atom. The van der Waals surface area contributed by atoms with Crippen LogP contribution in [0.4, 0.5) is 0 Å². The molecular weight excluding hydrogens is 354 g/mol. The van der Waals surface area contributed by atoms with Gasteiger partial charge in [0.2, 0.25) is 16.8 Å². The molecule has 0 saturated heterocycles. The van der Waals surface area contributed by atoms with E-state index in [0.29, 0.717) is 12.2 Å². The number of rotatable bonds is 8. The molecule has 1 unspecified atom stereocenters. The van der Waals surface area contributed by atoms with Crippen LogP contribution in [0.2, 0.25) is 0 Å². The van der Waals surface area contributed by atoms with Crippen molar-refractivity contribution in [3.63, 3.8) is 0 Å². The monoisotopic (exact) mass is 377 g/mol. The SMILES string of the molecule is CCCS(=O)(=O)NCC(C)Oc1ccc(-c2ccc3c(c2)OCO3)cc1. The van der Waals surface area contributed by atoms with E-state index in [1.807, 2.05) is 56.3 Å². The van der Waals surface area contributed by atoms with Gasteiger partial charge in [-0.1, -0.05) is 25.1 Å². The van der Waals surface area contributed by atoms with E-state index in [0.717, 1.165) is 22.6 Å². The maximum atomic E-state index is 11.7. The summed E-state index contributed by atoms with van der Waals surface area (Å²) in [5.74, 6) is 2.32. The second-order valence-corrected chi connectivity index (χ2v) is 8.11. The second kappa shape index (κ2) is 7.97. The number of sulfonamides is 1. The summed E-state index contributed by atoms with van der Waals surface area (Å²) in [6.07, 6.45) is 0.323. The molecule has 1 aliphatic heterocycles. The van der Waals surface area contributed by atoms with Crippen LogP contribution in [-0.2, 0) is 10.0 Å². The van der Waals surface area contributed by atoms with Crippen molar-refractivity contribution < 1.29 is 22.6 Å². The van der Waals surface area contributed by atoms with Crippen LogP contribution in [0, 0.1) is 0 Å². The van der Waals surface area contributed by atoms with E-state index in [-0.39, 0.29) is 25.2 Å². The summed E-state index contributed by atoms with van der Waals surface area (Å²) in [6, 6.07) is 13.5. The van der Waals surface area contributed by atoms with Gasteiger partial charge in [-0.3, -0.25) is 0 Å². The molecule has 140 valence electrons. The van der Waals surface area contributed by atoms with Crippen LogP contribution in [0.25, 0.3) is 11.1 Å². The van der Waals surface area contributed by atoms with Gasteiger partial charge in [-0.25, -0.2) is 13.1 Å². The molecule has 1 atom stereocenters. The summed E-state index contributed by atoms with van der Waals surface area (Å²) in [5.41, 5.74) is 2.06. The molecule has 0 aliphatic carbocycles. The molecule has 2 aromatic rings. The Kier molecular flexibility index (Phi) is 5.68. The standard InChI is InChI=1S/C19H23NO5S/c1-3-10-26(21,22)20-12-14(2)25-17-7-4-15(5-8-17)16-6-9-18-19(11-16)24-13-23-18/h4-9,11,14,20H,3,10,12-13H2,1-2H3. The Labute approximate surface area is 154 Å². The summed E-state index contributed by atoms with van der Waals surface area (Å²) in [4.78, 5) is 0. The van der Waals surface area contributed by atoms with Crippen LogP contribution in [0.5, 0.6) is 17.2 Å². The Morgan fingerprint density at radius 3 is 2.50 bits per heavy atom. The topological polar surface area (TPSA) is 73.9 Å². The minimum atomic E-state index is -3.22. The van der Waals surface area contributed by atoms with Gasteiger partial charge in [0.1, 0.15) is 11.9 Å². The van der Waals surface area contributed by atoms with Crippen LogP contribution in [0.15, 0.2) is 42.5 Å². The molecule has 3 rings (SSSR count). The van der Waals surface area contributed by atoms with Crippen LogP contribution < -0.4 is 18.9 Å². The van der Waals surface area contributed by atoms with Gasteiger partial charge in [0, 0.05) is 6.54 Å². The Balaban J connectivity index is 1.59. The minimum absolute atomic E-state index is 0.129. The van der Waals surface area contributed by atoms with E-state index in [4.69, 9.17) is 14.2 Å². The van der Waals surface area contributed by atoms with Crippen molar-refractivity contribution in [1.82, 2.24) is 4.72 Å². The fraction of sp³-hybridized carbons (Fsp3) is 0.368. The average molecular weight is 377 g/mol. The summed E-state index contributed by atoms with van der Waals surface area (Å²) in [7, 11) is -3.22. The van der Waals surface area contributed by atoms with Crippen LogP contribution in [-0.4, -0.2) is 33.6 Å². The summed E-state index contributed by atoms with van der Waals surface area (Å²) >= 11 is 0. The first kappa shape index (κ1) is 18.5. The lowest BCUT2D eigenvalue weighted by molar-refractivity contribution is 0.174. The minimum Gasteiger partial charge on any atom is -0.489 e. The zero-order valence-electron chi connectivity index (χ0n) is 14.9. The fourth-order valence-electron chi connectivity index (χ4n) is 2.66. The summed E-state index contributed by atoms with van der Waals surface area (Å²) in [6.45, 7) is 4.17. The summed E-state index contributed by atoms with van der Waals surface area (Å²) < 4.78 is 42.4.